The predicted octanol–water partition coefficient (Wildman–Crippen LogP) is -0.160. The van der Waals surface area contributed by atoms with Crippen LogP contribution in [-0.4, -0.2) is 27.3 Å². The zero-order valence-electron chi connectivity index (χ0n) is 8.46. The molecule has 0 heterocycles. The van der Waals surface area contributed by atoms with Crippen molar-refractivity contribution in [3.63, 3.8) is 0 Å². The average molecular weight is 227 g/mol. The number of hydrogen-bond acceptors (Lipinski definition) is 3. The van der Waals surface area contributed by atoms with Crippen molar-refractivity contribution in [3.8, 4) is 0 Å². The maximum atomic E-state index is 11.5. The zero-order chi connectivity index (χ0) is 11.3. The molecule has 6 heteroatoms. The molecule has 15 heavy (non-hydrogen) atoms. The van der Waals surface area contributed by atoms with Crippen LogP contribution in [0.2, 0.25) is 0 Å². The third-order valence-corrected chi connectivity index (χ3v) is 3.14. The van der Waals surface area contributed by atoms with Gasteiger partial charge in [-0.25, -0.2) is 8.93 Å². The van der Waals surface area contributed by atoms with E-state index in [1.807, 2.05) is 30.3 Å². The highest BCUT2D eigenvalue weighted by Gasteiger charge is 2.19. The third-order valence-electron chi connectivity index (χ3n) is 1.91. The summed E-state index contributed by atoms with van der Waals surface area (Å²) in [5, 5.41) is 17.6. The first-order valence-electron chi connectivity index (χ1n) is 4.64. The smallest absolute Gasteiger partial charge is 0.426 e. The average Bonchev–Trinajstić information content (AvgIpc) is 2.18. The quantitative estimate of drug-likeness (QED) is 0.612. The van der Waals surface area contributed by atoms with Crippen molar-refractivity contribution in [1.29, 1.82) is 0 Å². The van der Waals surface area contributed by atoms with Crippen LogP contribution < -0.4 is 4.72 Å². The zero-order valence-corrected chi connectivity index (χ0v) is 9.28. The summed E-state index contributed by atoms with van der Waals surface area (Å²) >= 11 is 0. The normalized spacial score (nSPS) is 14.6. The van der Waals surface area contributed by atoms with E-state index in [0.29, 0.717) is 5.75 Å². The molecule has 1 aromatic carbocycles. The van der Waals surface area contributed by atoms with Gasteiger partial charge in [0.15, 0.2) is 0 Å². The summed E-state index contributed by atoms with van der Waals surface area (Å²) in [5.74, 6) is -0.243. The van der Waals surface area contributed by atoms with E-state index in [9.17, 15) is 4.21 Å². The van der Waals surface area contributed by atoms with Gasteiger partial charge in [-0.2, -0.15) is 0 Å². The molecule has 0 saturated heterocycles. The van der Waals surface area contributed by atoms with E-state index >= 15 is 0 Å². The van der Waals surface area contributed by atoms with Gasteiger partial charge in [0.1, 0.15) is 0 Å². The fourth-order valence-corrected chi connectivity index (χ4v) is 2.15. The standard InChI is InChI=1S/C9H14BNO3S/c1-8(10(12)13)11-15(14)7-9-5-3-2-4-6-9/h2-6,8,11-13H,7H2,1H3. The number of benzene rings is 1. The number of nitrogens with one attached hydrogen (secondary N) is 1. The van der Waals surface area contributed by atoms with Crippen LogP contribution in [0.4, 0.5) is 0 Å². The van der Waals surface area contributed by atoms with E-state index in [1.54, 1.807) is 6.92 Å². The summed E-state index contributed by atoms with van der Waals surface area (Å²) < 4.78 is 14.1. The van der Waals surface area contributed by atoms with Crippen molar-refractivity contribution in [2.45, 2.75) is 18.6 Å². The molecule has 0 amide bonds. The first-order valence-corrected chi connectivity index (χ1v) is 5.96. The van der Waals surface area contributed by atoms with Crippen LogP contribution in [0.1, 0.15) is 12.5 Å². The molecule has 0 spiro atoms. The van der Waals surface area contributed by atoms with E-state index < -0.39 is 24.0 Å². The summed E-state index contributed by atoms with van der Waals surface area (Å²) in [4.78, 5) is 0. The van der Waals surface area contributed by atoms with Crippen LogP contribution >= 0.6 is 0 Å². The summed E-state index contributed by atoms with van der Waals surface area (Å²) in [6, 6.07) is 9.38. The summed E-state index contributed by atoms with van der Waals surface area (Å²) in [6.45, 7) is 1.56. The van der Waals surface area contributed by atoms with E-state index in [2.05, 4.69) is 4.72 Å². The highest BCUT2D eigenvalue weighted by molar-refractivity contribution is 7.82. The lowest BCUT2D eigenvalue weighted by atomic mass is 9.82. The number of hydrogen-bond donors (Lipinski definition) is 3. The van der Waals surface area contributed by atoms with Crippen molar-refractivity contribution in [3.05, 3.63) is 35.9 Å². The van der Waals surface area contributed by atoms with Gasteiger partial charge >= 0.3 is 7.12 Å². The molecule has 0 fully saturated rings. The monoisotopic (exact) mass is 227 g/mol. The molecular formula is C9H14BNO3S. The second-order valence-electron chi connectivity index (χ2n) is 3.30. The fourth-order valence-electron chi connectivity index (χ4n) is 1.04. The second-order valence-corrected chi connectivity index (χ2v) is 4.51. The Morgan fingerprint density at radius 2 is 2.00 bits per heavy atom. The molecule has 2 atom stereocenters. The maximum absolute atomic E-state index is 11.5. The fraction of sp³-hybridized carbons (Fsp3) is 0.333. The molecule has 0 saturated carbocycles. The van der Waals surface area contributed by atoms with E-state index in [4.69, 9.17) is 10.0 Å². The summed E-state index contributed by atoms with van der Waals surface area (Å²) in [6.07, 6.45) is 0. The molecule has 0 radical (unpaired) electrons. The Hall–Kier alpha value is -0.685. The topological polar surface area (TPSA) is 69.6 Å². The largest absolute Gasteiger partial charge is 0.470 e. The van der Waals surface area contributed by atoms with Crippen LogP contribution in [0, 0.1) is 0 Å². The minimum atomic E-state index is -1.50. The SMILES string of the molecule is CC(NS(=O)Cc1ccccc1)B(O)O. The lowest BCUT2D eigenvalue weighted by Gasteiger charge is -2.11. The predicted molar refractivity (Wildman–Crippen MR) is 61.1 cm³/mol. The first kappa shape index (κ1) is 12.4. The van der Waals surface area contributed by atoms with Crippen LogP contribution in [0.15, 0.2) is 30.3 Å². The lowest BCUT2D eigenvalue weighted by molar-refractivity contribution is 0.387. The molecule has 4 nitrogen and oxygen atoms in total. The van der Waals surface area contributed by atoms with Crippen molar-refractivity contribution >= 4 is 18.1 Å². The van der Waals surface area contributed by atoms with E-state index in [0.717, 1.165) is 5.56 Å². The minimum Gasteiger partial charge on any atom is -0.426 e. The second kappa shape index (κ2) is 6.02. The van der Waals surface area contributed by atoms with E-state index in [-0.39, 0.29) is 0 Å². The Labute approximate surface area is 92.1 Å². The third kappa shape index (κ3) is 4.57. The maximum Gasteiger partial charge on any atom is 0.470 e. The van der Waals surface area contributed by atoms with Gasteiger partial charge in [-0.15, -0.1) is 0 Å². The Kier molecular flexibility index (Phi) is 4.97. The van der Waals surface area contributed by atoms with Gasteiger partial charge < -0.3 is 10.0 Å². The lowest BCUT2D eigenvalue weighted by Crippen LogP contribution is -2.42. The molecule has 0 aliphatic carbocycles. The molecule has 3 N–H and O–H groups in total. The van der Waals surface area contributed by atoms with Crippen molar-refractivity contribution in [1.82, 2.24) is 4.72 Å². The summed E-state index contributed by atoms with van der Waals surface area (Å²) in [5.41, 5.74) is 0.947. The molecule has 82 valence electrons. The minimum absolute atomic E-state index is 0.359. The number of rotatable bonds is 5. The van der Waals surface area contributed by atoms with Crippen LogP contribution in [-0.2, 0) is 16.7 Å². The molecule has 1 rings (SSSR count). The van der Waals surface area contributed by atoms with E-state index in [1.165, 1.54) is 0 Å². The molecular weight excluding hydrogens is 213 g/mol. The Morgan fingerprint density at radius 1 is 1.40 bits per heavy atom. The van der Waals surface area contributed by atoms with Crippen molar-refractivity contribution in [2.24, 2.45) is 0 Å². The van der Waals surface area contributed by atoms with Gasteiger partial charge in [-0.1, -0.05) is 37.3 Å². The summed E-state index contributed by atoms with van der Waals surface area (Å²) in [7, 11) is -2.79. The Balaban J connectivity index is 2.43. The van der Waals surface area contributed by atoms with Gasteiger partial charge in [0.25, 0.3) is 0 Å². The molecule has 0 aromatic heterocycles. The van der Waals surface area contributed by atoms with Crippen LogP contribution in [0.3, 0.4) is 0 Å². The highest BCUT2D eigenvalue weighted by Crippen LogP contribution is 2.01. The van der Waals surface area contributed by atoms with Gasteiger partial charge in [0.2, 0.25) is 0 Å². The molecule has 0 aliphatic rings. The van der Waals surface area contributed by atoms with Gasteiger partial charge in [-0.3, -0.25) is 0 Å². The molecule has 0 bridgehead atoms. The first-order chi connectivity index (χ1) is 7.09. The Bertz CT molecular complexity index is 320. The highest BCUT2D eigenvalue weighted by atomic mass is 32.2. The van der Waals surface area contributed by atoms with Crippen LogP contribution in [0.5, 0.6) is 0 Å². The van der Waals surface area contributed by atoms with Gasteiger partial charge in [-0.05, 0) is 5.56 Å². The van der Waals surface area contributed by atoms with Gasteiger partial charge in [0.05, 0.1) is 22.7 Å². The van der Waals surface area contributed by atoms with Crippen molar-refractivity contribution in [2.75, 3.05) is 0 Å². The molecule has 2 unspecified atom stereocenters. The Morgan fingerprint density at radius 3 is 2.53 bits per heavy atom. The molecule has 1 aromatic rings. The van der Waals surface area contributed by atoms with Crippen molar-refractivity contribution < 1.29 is 14.3 Å². The van der Waals surface area contributed by atoms with Gasteiger partial charge in [0, 0.05) is 0 Å². The molecule has 0 aliphatic heterocycles. The van der Waals surface area contributed by atoms with Crippen LogP contribution in [0.25, 0.3) is 0 Å².